The molecule has 2 aromatic rings. The average molecular weight is 276 g/mol. The smallest absolute Gasteiger partial charge is 0.129 e. The minimum Gasteiger partial charge on any atom is -0.310 e. The zero-order valence-corrected chi connectivity index (χ0v) is 11.7. The highest BCUT2D eigenvalue weighted by Crippen LogP contribution is 2.21. The molecule has 20 heavy (non-hydrogen) atoms. The van der Waals surface area contributed by atoms with Gasteiger partial charge in [0.25, 0.3) is 0 Å². The molecule has 2 nitrogen and oxygen atoms in total. The summed E-state index contributed by atoms with van der Waals surface area (Å²) in [6.07, 6.45) is 4.03. The topological polar surface area (TPSA) is 24.9 Å². The van der Waals surface area contributed by atoms with E-state index in [0.29, 0.717) is 12.0 Å². The Bertz CT molecular complexity index is 584. The summed E-state index contributed by atoms with van der Waals surface area (Å²) in [5.41, 5.74) is 2.57. The van der Waals surface area contributed by atoms with Crippen LogP contribution in [0.5, 0.6) is 0 Å². The van der Waals surface area contributed by atoms with Gasteiger partial charge in [0.1, 0.15) is 11.6 Å². The molecule has 1 N–H and O–H groups in total. The Labute approximate surface area is 117 Å². The predicted octanol–water partition coefficient (Wildman–Crippen LogP) is 3.56. The van der Waals surface area contributed by atoms with E-state index in [2.05, 4.69) is 10.3 Å². The molecular formula is C16H18F2N2. The lowest BCUT2D eigenvalue weighted by Gasteiger charge is -2.19. The molecule has 1 heterocycles. The summed E-state index contributed by atoms with van der Waals surface area (Å²) in [6.45, 7) is 4.73. The average Bonchev–Trinajstić information content (AvgIpc) is 2.41. The molecule has 1 atom stereocenters. The summed E-state index contributed by atoms with van der Waals surface area (Å²) < 4.78 is 26.7. The fourth-order valence-electron chi connectivity index (χ4n) is 2.23. The van der Waals surface area contributed by atoms with E-state index < -0.39 is 11.6 Å². The van der Waals surface area contributed by atoms with Crippen molar-refractivity contribution in [3.63, 3.8) is 0 Å². The van der Waals surface area contributed by atoms with Crippen LogP contribution in [0.3, 0.4) is 0 Å². The van der Waals surface area contributed by atoms with Gasteiger partial charge in [0, 0.05) is 24.5 Å². The monoisotopic (exact) mass is 276 g/mol. The molecule has 0 aliphatic rings. The van der Waals surface area contributed by atoms with E-state index in [-0.39, 0.29) is 6.04 Å². The highest BCUT2D eigenvalue weighted by Gasteiger charge is 2.14. The number of rotatable bonds is 5. The summed E-state index contributed by atoms with van der Waals surface area (Å²) >= 11 is 0. The molecule has 0 fully saturated rings. The van der Waals surface area contributed by atoms with Crippen molar-refractivity contribution in [2.45, 2.75) is 26.3 Å². The first-order valence-electron chi connectivity index (χ1n) is 6.69. The molecule has 0 radical (unpaired) electrons. The van der Waals surface area contributed by atoms with E-state index in [1.54, 1.807) is 12.4 Å². The van der Waals surface area contributed by atoms with E-state index in [4.69, 9.17) is 0 Å². The van der Waals surface area contributed by atoms with E-state index >= 15 is 0 Å². The summed E-state index contributed by atoms with van der Waals surface area (Å²) in [5.74, 6) is -1.06. The van der Waals surface area contributed by atoms with Gasteiger partial charge in [0.15, 0.2) is 0 Å². The molecule has 0 spiro atoms. The Balaban J connectivity index is 2.25. The van der Waals surface area contributed by atoms with Crippen molar-refractivity contribution in [1.82, 2.24) is 10.3 Å². The van der Waals surface area contributed by atoms with Crippen LogP contribution < -0.4 is 5.32 Å². The Morgan fingerprint density at radius 3 is 2.65 bits per heavy atom. The Kier molecular flexibility index (Phi) is 4.79. The number of aromatic nitrogens is 1. The van der Waals surface area contributed by atoms with Crippen molar-refractivity contribution in [2.24, 2.45) is 0 Å². The fourth-order valence-corrected chi connectivity index (χ4v) is 2.23. The maximum atomic E-state index is 13.8. The van der Waals surface area contributed by atoms with E-state index in [9.17, 15) is 8.78 Å². The Hall–Kier alpha value is -1.81. The van der Waals surface area contributed by atoms with Gasteiger partial charge in [-0.15, -0.1) is 0 Å². The number of nitrogens with one attached hydrogen (secondary N) is 1. The van der Waals surface area contributed by atoms with Crippen LogP contribution in [0.25, 0.3) is 0 Å². The summed E-state index contributed by atoms with van der Waals surface area (Å²) in [6, 6.07) is 5.70. The normalized spacial score (nSPS) is 12.4. The molecule has 1 unspecified atom stereocenters. The number of likely N-dealkylation sites (N-methyl/N-ethyl adjacent to an activating group) is 1. The van der Waals surface area contributed by atoms with E-state index in [1.165, 1.54) is 12.1 Å². The summed E-state index contributed by atoms with van der Waals surface area (Å²) in [7, 11) is 0. The largest absolute Gasteiger partial charge is 0.310 e. The third-order valence-corrected chi connectivity index (χ3v) is 3.19. The molecule has 0 aliphatic carbocycles. The molecule has 1 aromatic heterocycles. The van der Waals surface area contributed by atoms with Crippen molar-refractivity contribution < 1.29 is 8.78 Å². The quantitative estimate of drug-likeness (QED) is 0.903. The van der Waals surface area contributed by atoms with Gasteiger partial charge in [-0.25, -0.2) is 8.78 Å². The number of nitrogens with zero attached hydrogens (tertiary/aromatic N) is 1. The number of halogens is 2. The third-order valence-electron chi connectivity index (χ3n) is 3.19. The second-order valence-electron chi connectivity index (χ2n) is 4.85. The Morgan fingerprint density at radius 2 is 2.00 bits per heavy atom. The van der Waals surface area contributed by atoms with Crippen molar-refractivity contribution in [2.75, 3.05) is 6.54 Å². The molecule has 4 heteroatoms. The number of aryl methyl sites for hydroxylation is 1. The van der Waals surface area contributed by atoms with Crippen LogP contribution in [0.15, 0.2) is 36.7 Å². The minimum atomic E-state index is -0.552. The molecule has 0 aliphatic heterocycles. The summed E-state index contributed by atoms with van der Waals surface area (Å²) in [4.78, 5) is 4.17. The molecule has 0 saturated carbocycles. The lowest BCUT2D eigenvalue weighted by atomic mass is 9.99. The van der Waals surface area contributed by atoms with Crippen LogP contribution in [0, 0.1) is 18.6 Å². The SMILES string of the molecule is CCNC(Cc1ccc(F)cc1F)c1cncc(C)c1. The molecule has 0 bridgehead atoms. The predicted molar refractivity (Wildman–Crippen MR) is 75.5 cm³/mol. The first-order valence-corrected chi connectivity index (χ1v) is 6.69. The van der Waals surface area contributed by atoms with Crippen LogP contribution in [0.4, 0.5) is 8.78 Å². The number of hydrogen-bond acceptors (Lipinski definition) is 2. The van der Waals surface area contributed by atoms with Crippen LogP contribution in [0.1, 0.15) is 29.7 Å². The summed E-state index contributed by atoms with van der Waals surface area (Å²) in [5, 5.41) is 3.32. The maximum Gasteiger partial charge on any atom is 0.129 e. The molecule has 2 rings (SSSR count). The van der Waals surface area contributed by atoms with E-state index in [0.717, 1.165) is 23.7 Å². The van der Waals surface area contributed by atoms with Crippen molar-refractivity contribution >= 4 is 0 Å². The van der Waals surface area contributed by atoms with Crippen LogP contribution in [-0.4, -0.2) is 11.5 Å². The lowest BCUT2D eigenvalue weighted by molar-refractivity contribution is 0.520. The number of benzene rings is 1. The maximum absolute atomic E-state index is 13.8. The zero-order valence-electron chi connectivity index (χ0n) is 11.7. The first-order chi connectivity index (χ1) is 9.60. The van der Waals surface area contributed by atoms with Crippen molar-refractivity contribution in [3.05, 3.63) is 65.0 Å². The van der Waals surface area contributed by atoms with E-state index in [1.807, 2.05) is 19.9 Å². The van der Waals surface area contributed by atoms with Crippen LogP contribution >= 0.6 is 0 Å². The van der Waals surface area contributed by atoms with Gasteiger partial charge >= 0.3 is 0 Å². The third kappa shape index (κ3) is 3.61. The molecular weight excluding hydrogens is 258 g/mol. The fraction of sp³-hybridized carbons (Fsp3) is 0.312. The van der Waals surface area contributed by atoms with Gasteiger partial charge < -0.3 is 5.32 Å². The van der Waals surface area contributed by atoms with Gasteiger partial charge in [-0.1, -0.05) is 19.1 Å². The van der Waals surface area contributed by atoms with Crippen molar-refractivity contribution in [1.29, 1.82) is 0 Å². The second-order valence-corrected chi connectivity index (χ2v) is 4.85. The van der Waals surface area contributed by atoms with Gasteiger partial charge in [-0.2, -0.15) is 0 Å². The van der Waals surface area contributed by atoms with Crippen molar-refractivity contribution in [3.8, 4) is 0 Å². The highest BCUT2D eigenvalue weighted by atomic mass is 19.1. The van der Waals surface area contributed by atoms with Gasteiger partial charge in [-0.3, -0.25) is 4.98 Å². The standard InChI is InChI=1S/C16H18F2N2/c1-3-20-16(13-6-11(2)9-19-10-13)7-12-4-5-14(17)8-15(12)18/h4-6,8-10,16,20H,3,7H2,1-2H3. The molecule has 106 valence electrons. The first kappa shape index (κ1) is 14.6. The molecule has 1 aromatic carbocycles. The Morgan fingerprint density at radius 1 is 1.20 bits per heavy atom. The zero-order chi connectivity index (χ0) is 14.5. The van der Waals surface area contributed by atoms with Crippen LogP contribution in [-0.2, 0) is 6.42 Å². The number of hydrogen-bond donors (Lipinski definition) is 1. The highest BCUT2D eigenvalue weighted by molar-refractivity contribution is 5.25. The van der Waals surface area contributed by atoms with Gasteiger partial charge in [0.05, 0.1) is 0 Å². The van der Waals surface area contributed by atoms with Gasteiger partial charge in [0.2, 0.25) is 0 Å². The second kappa shape index (κ2) is 6.57. The lowest BCUT2D eigenvalue weighted by Crippen LogP contribution is -2.23. The van der Waals surface area contributed by atoms with Gasteiger partial charge in [-0.05, 0) is 42.6 Å². The number of pyridine rings is 1. The van der Waals surface area contributed by atoms with Crippen LogP contribution in [0.2, 0.25) is 0 Å². The minimum absolute atomic E-state index is 0.0349. The molecule has 0 amide bonds. The molecule has 0 saturated heterocycles.